The van der Waals surface area contributed by atoms with E-state index < -0.39 is 19.8 Å². The Kier molecular flexibility index (Phi) is 3.98. The van der Waals surface area contributed by atoms with Gasteiger partial charge in [0.1, 0.15) is 5.78 Å². The summed E-state index contributed by atoms with van der Waals surface area (Å²) in [7, 11) is -1.96. The molecule has 1 unspecified atom stereocenters. The number of ketones is 1. The highest BCUT2D eigenvalue weighted by molar-refractivity contribution is 6.74. The van der Waals surface area contributed by atoms with Crippen molar-refractivity contribution in [2.75, 3.05) is 0 Å². The van der Waals surface area contributed by atoms with Crippen molar-refractivity contribution >= 4 is 14.1 Å². The van der Waals surface area contributed by atoms with E-state index in [0.717, 1.165) is 25.7 Å². The van der Waals surface area contributed by atoms with Gasteiger partial charge in [-0.05, 0) is 31.0 Å². The van der Waals surface area contributed by atoms with Crippen molar-refractivity contribution in [1.82, 2.24) is 0 Å². The number of aliphatic hydroxyl groups is 1. The molecule has 0 saturated heterocycles. The van der Waals surface area contributed by atoms with Crippen LogP contribution in [0.25, 0.3) is 0 Å². The summed E-state index contributed by atoms with van der Waals surface area (Å²) in [5, 5.41) is 10.8. The summed E-state index contributed by atoms with van der Waals surface area (Å²) < 4.78 is 6.45. The summed E-state index contributed by atoms with van der Waals surface area (Å²) in [5.74, 6) is 0.151. The van der Waals surface area contributed by atoms with Gasteiger partial charge in [0.25, 0.3) is 0 Å². The Labute approximate surface area is 124 Å². The Hall–Kier alpha value is -0.193. The first-order chi connectivity index (χ1) is 9.01. The fourth-order valence-corrected chi connectivity index (χ4v) is 4.71. The van der Waals surface area contributed by atoms with E-state index in [-0.39, 0.29) is 22.8 Å². The molecule has 0 spiro atoms. The SMILES string of the molecule is CC12CCCC[C@H](C1=O)[C@H](O[Si](C)(C)C(C)(C)C)[C@@H]2O. The summed E-state index contributed by atoms with van der Waals surface area (Å²) in [4.78, 5) is 12.7. The number of rotatable bonds is 2. The monoisotopic (exact) mass is 298 g/mol. The highest BCUT2D eigenvalue weighted by Crippen LogP contribution is 2.50. The van der Waals surface area contributed by atoms with Gasteiger partial charge in [-0.15, -0.1) is 0 Å². The standard InChI is InChI=1S/C16H30O3Si/c1-15(2,3)20(5,6)19-12-11-9-7-8-10-16(4,13(11)17)14(12)18/h11-12,14,18H,7-10H2,1-6H3/t11-,12-,14-,16?/m0/s1. The van der Waals surface area contributed by atoms with E-state index in [0.29, 0.717) is 0 Å². The molecule has 1 N–H and O–H groups in total. The van der Waals surface area contributed by atoms with Gasteiger partial charge in [0.05, 0.1) is 17.6 Å². The number of hydrogen-bond donors (Lipinski definition) is 1. The van der Waals surface area contributed by atoms with Gasteiger partial charge in [-0.1, -0.05) is 40.5 Å². The zero-order valence-electron chi connectivity index (χ0n) is 13.8. The molecule has 0 aromatic carbocycles. The first-order valence-electron chi connectivity index (χ1n) is 7.91. The third kappa shape index (κ3) is 2.40. The number of aliphatic hydroxyl groups excluding tert-OH is 1. The van der Waals surface area contributed by atoms with E-state index in [1.807, 2.05) is 6.92 Å². The number of fused-ring (bicyclic) bond motifs is 2. The molecule has 2 saturated carbocycles. The van der Waals surface area contributed by atoms with E-state index >= 15 is 0 Å². The van der Waals surface area contributed by atoms with Crippen LogP contribution in [0.1, 0.15) is 53.4 Å². The van der Waals surface area contributed by atoms with Gasteiger partial charge >= 0.3 is 0 Å². The van der Waals surface area contributed by atoms with Crippen LogP contribution in [0.2, 0.25) is 18.1 Å². The Morgan fingerprint density at radius 1 is 1.30 bits per heavy atom. The Morgan fingerprint density at radius 3 is 2.45 bits per heavy atom. The van der Waals surface area contributed by atoms with Crippen LogP contribution >= 0.6 is 0 Å². The molecule has 0 heterocycles. The summed E-state index contributed by atoms with van der Waals surface area (Å²) in [6.07, 6.45) is 2.90. The quantitative estimate of drug-likeness (QED) is 0.793. The van der Waals surface area contributed by atoms with Gasteiger partial charge in [-0.25, -0.2) is 0 Å². The van der Waals surface area contributed by atoms with Crippen LogP contribution in [0.15, 0.2) is 0 Å². The smallest absolute Gasteiger partial charge is 0.192 e. The maximum absolute atomic E-state index is 12.7. The molecule has 20 heavy (non-hydrogen) atoms. The second-order valence-electron chi connectivity index (χ2n) is 8.42. The Bertz CT molecular complexity index is 399. The molecule has 2 fully saturated rings. The third-order valence-corrected chi connectivity index (χ3v) is 10.4. The number of carbonyl (C=O) groups is 1. The van der Waals surface area contributed by atoms with Gasteiger partial charge in [0, 0.05) is 5.92 Å². The number of carbonyl (C=O) groups excluding carboxylic acids is 1. The fourth-order valence-electron chi connectivity index (χ4n) is 3.39. The Balaban J connectivity index is 2.27. The van der Waals surface area contributed by atoms with Crippen molar-refractivity contribution in [2.24, 2.45) is 11.3 Å². The molecule has 0 aromatic heterocycles. The highest BCUT2D eigenvalue weighted by atomic mass is 28.4. The van der Waals surface area contributed by atoms with Crippen LogP contribution in [0.3, 0.4) is 0 Å². The molecule has 2 aliphatic carbocycles. The predicted molar refractivity (Wildman–Crippen MR) is 83.1 cm³/mol. The summed E-state index contributed by atoms with van der Waals surface area (Å²) in [6.45, 7) is 12.9. The van der Waals surface area contributed by atoms with E-state index in [9.17, 15) is 9.90 Å². The normalized spacial score (nSPS) is 39.0. The predicted octanol–water partition coefficient (Wildman–Crippen LogP) is 3.52. The second-order valence-corrected chi connectivity index (χ2v) is 13.2. The molecule has 4 atom stereocenters. The third-order valence-electron chi connectivity index (χ3n) is 5.96. The lowest BCUT2D eigenvalue weighted by molar-refractivity contribution is -0.130. The first-order valence-corrected chi connectivity index (χ1v) is 10.8. The lowest BCUT2D eigenvalue weighted by atomic mass is 9.81. The van der Waals surface area contributed by atoms with Crippen molar-refractivity contribution in [2.45, 2.75) is 83.7 Å². The van der Waals surface area contributed by atoms with Gasteiger partial charge in [-0.2, -0.15) is 0 Å². The molecule has 116 valence electrons. The lowest BCUT2D eigenvalue weighted by Gasteiger charge is -2.41. The van der Waals surface area contributed by atoms with E-state index in [4.69, 9.17) is 4.43 Å². The molecule has 0 amide bonds. The lowest BCUT2D eigenvalue weighted by Crippen LogP contribution is -2.49. The molecule has 3 nitrogen and oxygen atoms in total. The van der Waals surface area contributed by atoms with Crippen molar-refractivity contribution in [3.8, 4) is 0 Å². The van der Waals surface area contributed by atoms with Crippen LogP contribution in [-0.4, -0.2) is 31.4 Å². The zero-order chi connectivity index (χ0) is 15.3. The molecular weight excluding hydrogens is 268 g/mol. The molecule has 2 aliphatic rings. The van der Waals surface area contributed by atoms with E-state index in [1.54, 1.807) is 0 Å². The van der Waals surface area contributed by atoms with Crippen LogP contribution in [0.5, 0.6) is 0 Å². The van der Waals surface area contributed by atoms with Crippen molar-refractivity contribution in [1.29, 1.82) is 0 Å². The Morgan fingerprint density at radius 2 is 1.90 bits per heavy atom. The molecule has 0 aromatic rings. The second kappa shape index (κ2) is 4.92. The maximum Gasteiger partial charge on any atom is 0.192 e. The molecule has 4 heteroatoms. The van der Waals surface area contributed by atoms with Gasteiger partial charge in [-0.3, -0.25) is 4.79 Å². The maximum atomic E-state index is 12.7. The average Bonchev–Trinajstić information content (AvgIpc) is 2.44. The van der Waals surface area contributed by atoms with Crippen LogP contribution in [-0.2, 0) is 9.22 Å². The van der Waals surface area contributed by atoms with Crippen molar-refractivity contribution in [3.05, 3.63) is 0 Å². The molecular formula is C16H30O3Si. The largest absolute Gasteiger partial charge is 0.411 e. The van der Waals surface area contributed by atoms with Gasteiger partial charge < -0.3 is 9.53 Å². The summed E-state index contributed by atoms with van der Waals surface area (Å²) in [6, 6.07) is 0. The minimum absolute atomic E-state index is 0.0911. The summed E-state index contributed by atoms with van der Waals surface area (Å²) in [5.41, 5.74) is -0.575. The van der Waals surface area contributed by atoms with E-state index in [1.165, 1.54) is 0 Å². The fraction of sp³-hybridized carbons (Fsp3) is 0.938. The topological polar surface area (TPSA) is 46.5 Å². The van der Waals surface area contributed by atoms with Crippen LogP contribution in [0.4, 0.5) is 0 Å². The van der Waals surface area contributed by atoms with Crippen molar-refractivity contribution in [3.63, 3.8) is 0 Å². The minimum atomic E-state index is -1.96. The van der Waals surface area contributed by atoms with Crippen molar-refractivity contribution < 1.29 is 14.3 Å². The highest BCUT2D eigenvalue weighted by Gasteiger charge is 2.59. The minimum Gasteiger partial charge on any atom is -0.411 e. The average molecular weight is 298 g/mol. The molecule has 2 bridgehead atoms. The molecule has 2 rings (SSSR count). The van der Waals surface area contributed by atoms with Gasteiger partial charge in [0.2, 0.25) is 0 Å². The number of hydrogen-bond acceptors (Lipinski definition) is 3. The van der Waals surface area contributed by atoms with Gasteiger partial charge in [0.15, 0.2) is 8.32 Å². The van der Waals surface area contributed by atoms with Crippen LogP contribution in [0, 0.1) is 11.3 Å². The number of Topliss-reactive ketones (excluding diaryl/α,β-unsaturated/α-hetero) is 1. The first kappa shape index (κ1) is 16.2. The summed E-state index contributed by atoms with van der Waals surface area (Å²) >= 11 is 0. The molecule has 0 radical (unpaired) electrons. The molecule has 0 aliphatic heterocycles. The van der Waals surface area contributed by atoms with E-state index in [2.05, 4.69) is 33.9 Å². The van der Waals surface area contributed by atoms with Crippen LogP contribution < -0.4 is 0 Å². The zero-order valence-corrected chi connectivity index (χ0v) is 14.8.